The predicted octanol–water partition coefficient (Wildman–Crippen LogP) is 3.57. The van der Waals surface area contributed by atoms with Gasteiger partial charge in [-0.05, 0) is 36.4 Å². The van der Waals surface area contributed by atoms with E-state index in [2.05, 4.69) is 15.9 Å². The summed E-state index contributed by atoms with van der Waals surface area (Å²) in [6.07, 6.45) is 0. The van der Waals surface area contributed by atoms with Gasteiger partial charge in [-0.2, -0.15) is 10.5 Å². The molecule has 2 rings (SSSR count). The average molecular weight is 314 g/mol. The Morgan fingerprint density at radius 3 is 2.16 bits per heavy atom. The van der Waals surface area contributed by atoms with Crippen molar-refractivity contribution < 1.29 is 4.74 Å². The summed E-state index contributed by atoms with van der Waals surface area (Å²) < 4.78 is 6.40. The number of rotatable bonds is 2. The van der Waals surface area contributed by atoms with Gasteiger partial charge in [0, 0.05) is 10.2 Å². The topological polar surface area (TPSA) is 82.8 Å². The largest absolute Gasteiger partial charge is 0.455 e. The van der Waals surface area contributed by atoms with Crippen molar-refractivity contribution in [3.63, 3.8) is 0 Å². The lowest BCUT2D eigenvalue weighted by molar-refractivity contribution is 0.479. The highest BCUT2D eigenvalue weighted by Gasteiger charge is 2.09. The summed E-state index contributed by atoms with van der Waals surface area (Å²) in [5.41, 5.74) is 6.80. The van der Waals surface area contributed by atoms with E-state index in [1.165, 1.54) is 6.07 Å². The number of nitriles is 2. The van der Waals surface area contributed by atoms with E-state index in [1.54, 1.807) is 30.3 Å². The molecule has 0 aliphatic heterocycles. The fraction of sp³-hybridized carbons (Fsp3) is 0. The quantitative estimate of drug-likeness (QED) is 0.859. The van der Waals surface area contributed by atoms with Gasteiger partial charge in [0.25, 0.3) is 0 Å². The van der Waals surface area contributed by atoms with Crippen LogP contribution in [0.1, 0.15) is 11.1 Å². The lowest BCUT2D eigenvalue weighted by Crippen LogP contribution is -1.93. The van der Waals surface area contributed by atoms with Gasteiger partial charge in [0.2, 0.25) is 0 Å². The molecule has 2 aromatic carbocycles. The Morgan fingerprint density at radius 1 is 0.947 bits per heavy atom. The van der Waals surface area contributed by atoms with Gasteiger partial charge in [-0.15, -0.1) is 0 Å². The molecular weight excluding hydrogens is 306 g/mol. The maximum atomic E-state index is 9.06. The van der Waals surface area contributed by atoms with Crippen molar-refractivity contribution >= 4 is 21.6 Å². The molecule has 0 radical (unpaired) electrons. The molecule has 2 N–H and O–H groups in total. The van der Waals surface area contributed by atoms with Gasteiger partial charge in [0.05, 0.1) is 11.1 Å². The van der Waals surface area contributed by atoms with Gasteiger partial charge in [-0.25, -0.2) is 0 Å². The monoisotopic (exact) mass is 313 g/mol. The number of anilines is 1. The number of benzene rings is 2. The Morgan fingerprint density at radius 2 is 1.53 bits per heavy atom. The molecule has 92 valence electrons. The molecule has 0 atom stereocenters. The van der Waals surface area contributed by atoms with Gasteiger partial charge >= 0.3 is 0 Å². The molecule has 0 aromatic heterocycles. The molecule has 19 heavy (non-hydrogen) atoms. The van der Waals surface area contributed by atoms with Crippen LogP contribution in [0.5, 0.6) is 11.5 Å². The maximum Gasteiger partial charge on any atom is 0.145 e. The molecule has 0 spiro atoms. The Bertz CT molecular complexity index is 652. The lowest BCUT2D eigenvalue weighted by atomic mass is 10.2. The number of hydrogen-bond donors (Lipinski definition) is 1. The molecule has 5 heteroatoms. The highest BCUT2D eigenvalue weighted by molar-refractivity contribution is 9.10. The first-order valence-corrected chi connectivity index (χ1v) is 6.10. The summed E-state index contributed by atoms with van der Waals surface area (Å²) in [6, 6.07) is 13.9. The van der Waals surface area contributed by atoms with Gasteiger partial charge < -0.3 is 10.5 Å². The third kappa shape index (κ3) is 2.85. The number of ether oxygens (including phenoxy) is 1. The van der Waals surface area contributed by atoms with Gasteiger partial charge in [0.15, 0.2) is 0 Å². The van der Waals surface area contributed by atoms with Crippen LogP contribution >= 0.6 is 15.9 Å². The first kappa shape index (κ1) is 12.9. The first-order chi connectivity index (χ1) is 9.13. The minimum absolute atomic E-state index is 0.326. The Balaban J connectivity index is 2.43. The Kier molecular flexibility index (Phi) is 3.70. The number of nitrogens with zero attached hydrogens (tertiary/aromatic N) is 2. The highest BCUT2D eigenvalue weighted by Crippen LogP contribution is 2.30. The molecule has 0 amide bonds. The van der Waals surface area contributed by atoms with Gasteiger partial charge in [-0.1, -0.05) is 15.9 Å². The van der Waals surface area contributed by atoms with E-state index in [0.29, 0.717) is 28.3 Å². The molecule has 2 aromatic rings. The van der Waals surface area contributed by atoms with Crippen LogP contribution in [0.25, 0.3) is 0 Å². The second-order valence-electron chi connectivity index (χ2n) is 3.72. The second-order valence-corrected chi connectivity index (χ2v) is 4.64. The molecule has 0 saturated heterocycles. The van der Waals surface area contributed by atoms with Crippen molar-refractivity contribution in [2.24, 2.45) is 0 Å². The summed E-state index contributed by atoms with van der Waals surface area (Å²) in [6.45, 7) is 0. The molecular formula is C14H8BrN3O. The van der Waals surface area contributed by atoms with Crippen LogP contribution in [0.4, 0.5) is 5.69 Å². The number of hydrogen-bond acceptors (Lipinski definition) is 4. The van der Waals surface area contributed by atoms with Crippen LogP contribution in [0.2, 0.25) is 0 Å². The van der Waals surface area contributed by atoms with Crippen LogP contribution in [0.15, 0.2) is 40.9 Å². The fourth-order valence-corrected chi connectivity index (χ4v) is 1.88. The standard InChI is InChI=1S/C14H8BrN3O/c15-11-1-3-13(9(5-11)7-16)19-14-4-2-12(18)6-10(14)8-17/h1-6H,18H2. The van der Waals surface area contributed by atoms with E-state index < -0.39 is 0 Å². The van der Waals surface area contributed by atoms with Crippen LogP contribution in [-0.2, 0) is 0 Å². The van der Waals surface area contributed by atoms with E-state index in [1.807, 2.05) is 12.1 Å². The lowest BCUT2D eigenvalue weighted by Gasteiger charge is -2.09. The molecule has 0 unspecified atom stereocenters. The van der Waals surface area contributed by atoms with Crippen LogP contribution in [0, 0.1) is 22.7 Å². The average Bonchev–Trinajstić information content (AvgIpc) is 2.42. The molecule has 0 aliphatic carbocycles. The van der Waals surface area contributed by atoms with Crippen molar-refractivity contribution in [2.75, 3.05) is 5.73 Å². The molecule has 0 saturated carbocycles. The summed E-state index contributed by atoms with van der Waals surface area (Å²) in [4.78, 5) is 0. The smallest absolute Gasteiger partial charge is 0.145 e. The third-order valence-electron chi connectivity index (χ3n) is 2.41. The zero-order valence-electron chi connectivity index (χ0n) is 9.72. The van der Waals surface area contributed by atoms with Gasteiger partial charge in [0.1, 0.15) is 23.6 Å². The van der Waals surface area contributed by atoms with Crippen LogP contribution in [0.3, 0.4) is 0 Å². The fourth-order valence-electron chi connectivity index (χ4n) is 1.52. The minimum Gasteiger partial charge on any atom is -0.455 e. The number of halogens is 1. The zero-order valence-corrected chi connectivity index (χ0v) is 11.3. The molecule has 0 bridgehead atoms. The van der Waals surface area contributed by atoms with Crippen LogP contribution in [-0.4, -0.2) is 0 Å². The van der Waals surface area contributed by atoms with Crippen molar-refractivity contribution in [3.05, 3.63) is 52.0 Å². The first-order valence-electron chi connectivity index (χ1n) is 5.31. The Hall–Kier alpha value is -2.50. The highest BCUT2D eigenvalue weighted by atomic mass is 79.9. The number of nitrogens with two attached hydrogens (primary N) is 1. The Labute approximate surface area is 118 Å². The summed E-state index contributed by atoms with van der Waals surface area (Å²) in [7, 11) is 0. The van der Waals surface area contributed by atoms with Crippen molar-refractivity contribution in [3.8, 4) is 23.6 Å². The summed E-state index contributed by atoms with van der Waals surface area (Å²) in [5.74, 6) is 0.766. The van der Waals surface area contributed by atoms with Crippen molar-refractivity contribution in [1.29, 1.82) is 10.5 Å². The van der Waals surface area contributed by atoms with E-state index >= 15 is 0 Å². The summed E-state index contributed by atoms with van der Waals surface area (Å²) in [5, 5.41) is 18.1. The normalized spacial score (nSPS) is 9.42. The van der Waals surface area contributed by atoms with E-state index in [-0.39, 0.29) is 0 Å². The molecule has 0 aliphatic rings. The minimum atomic E-state index is 0.326. The summed E-state index contributed by atoms with van der Waals surface area (Å²) >= 11 is 3.28. The number of nitrogen functional groups attached to an aromatic ring is 1. The predicted molar refractivity (Wildman–Crippen MR) is 74.5 cm³/mol. The van der Waals surface area contributed by atoms with E-state index in [0.717, 1.165) is 4.47 Å². The molecule has 4 nitrogen and oxygen atoms in total. The van der Waals surface area contributed by atoms with Crippen LogP contribution < -0.4 is 10.5 Å². The van der Waals surface area contributed by atoms with Crippen molar-refractivity contribution in [2.45, 2.75) is 0 Å². The van der Waals surface area contributed by atoms with E-state index in [4.69, 9.17) is 21.0 Å². The van der Waals surface area contributed by atoms with Gasteiger partial charge in [-0.3, -0.25) is 0 Å². The second kappa shape index (κ2) is 5.43. The van der Waals surface area contributed by atoms with Crippen molar-refractivity contribution in [1.82, 2.24) is 0 Å². The zero-order chi connectivity index (χ0) is 13.8. The third-order valence-corrected chi connectivity index (χ3v) is 2.90. The SMILES string of the molecule is N#Cc1cc(N)ccc1Oc1ccc(Br)cc1C#N. The maximum absolute atomic E-state index is 9.06. The molecule has 0 heterocycles. The van der Waals surface area contributed by atoms with E-state index in [9.17, 15) is 0 Å². The molecule has 0 fully saturated rings.